The molecule has 2 nitrogen and oxygen atoms in total. The second-order valence-corrected chi connectivity index (χ2v) is 11.3. The Kier molecular flexibility index (Phi) is 5.12. The molecule has 1 aromatic carbocycles. The average molecular weight is 414 g/mol. The van der Waals surface area contributed by atoms with Crippen LogP contribution in [0.2, 0.25) is 5.02 Å². The first-order valence-electron chi connectivity index (χ1n) is 11.8. The first kappa shape index (κ1) is 20.1. The van der Waals surface area contributed by atoms with Gasteiger partial charge in [-0.15, -0.1) is 0 Å². The standard InChI is InChI=1S/C26H36ClNO/c1-25-13-11-20(29)15-18(25)5-8-21-22-9-10-24(26(22,2)14-12-23(21)25)28-16-17-3-6-19(27)7-4-17/h3-7,20-24,28-29H,8-16H2,1-2H3/t20-,21-,22-,23-,24-,25-,26-/m0/s1. The molecule has 4 aliphatic rings. The molecule has 0 aliphatic heterocycles. The highest BCUT2D eigenvalue weighted by Crippen LogP contribution is 2.64. The Morgan fingerprint density at radius 3 is 2.62 bits per heavy atom. The SMILES string of the molecule is C[C@]12CC[C@H]3[C@@H](CC=C4C[C@@H](O)CC[C@@]43C)[C@@H]1CC[C@@H]2NCc1ccc(Cl)cc1. The minimum absolute atomic E-state index is 0.104. The van der Waals surface area contributed by atoms with Gasteiger partial charge in [0.2, 0.25) is 0 Å². The maximum atomic E-state index is 10.2. The maximum absolute atomic E-state index is 10.2. The number of hydrogen-bond donors (Lipinski definition) is 2. The van der Waals surface area contributed by atoms with Gasteiger partial charge >= 0.3 is 0 Å². The van der Waals surface area contributed by atoms with Crippen LogP contribution in [0.5, 0.6) is 0 Å². The van der Waals surface area contributed by atoms with Gasteiger partial charge in [0, 0.05) is 17.6 Å². The summed E-state index contributed by atoms with van der Waals surface area (Å²) in [6.45, 7) is 6.04. The topological polar surface area (TPSA) is 32.3 Å². The quantitative estimate of drug-likeness (QED) is 0.585. The van der Waals surface area contributed by atoms with Gasteiger partial charge in [-0.25, -0.2) is 0 Å². The zero-order chi connectivity index (χ0) is 20.2. The molecule has 29 heavy (non-hydrogen) atoms. The van der Waals surface area contributed by atoms with Gasteiger partial charge in [0.15, 0.2) is 0 Å². The predicted molar refractivity (Wildman–Crippen MR) is 120 cm³/mol. The normalized spacial score (nSPS) is 43.9. The Balaban J connectivity index is 1.32. The highest BCUT2D eigenvalue weighted by molar-refractivity contribution is 6.30. The number of benzene rings is 1. The summed E-state index contributed by atoms with van der Waals surface area (Å²) in [6, 6.07) is 8.91. The lowest BCUT2D eigenvalue weighted by Crippen LogP contribution is -2.53. The average Bonchev–Trinajstić information content (AvgIpc) is 3.04. The molecule has 3 saturated carbocycles. The van der Waals surface area contributed by atoms with Crippen molar-refractivity contribution in [1.29, 1.82) is 0 Å². The van der Waals surface area contributed by atoms with Crippen molar-refractivity contribution in [1.82, 2.24) is 5.32 Å². The zero-order valence-corrected chi connectivity index (χ0v) is 18.7. The molecule has 0 spiro atoms. The molecule has 3 fully saturated rings. The van der Waals surface area contributed by atoms with Gasteiger partial charge < -0.3 is 10.4 Å². The highest BCUT2D eigenvalue weighted by Gasteiger charge is 2.58. The van der Waals surface area contributed by atoms with Gasteiger partial charge in [-0.05, 0) is 97.6 Å². The number of halogens is 1. The number of nitrogens with one attached hydrogen (secondary N) is 1. The predicted octanol–water partition coefficient (Wildman–Crippen LogP) is 6.12. The van der Waals surface area contributed by atoms with Crippen molar-refractivity contribution >= 4 is 11.6 Å². The molecule has 0 heterocycles. The van der Waals surface area contributed by atoms with Gasteiger partial charge in [-0.2, -0.15) is 0 Å². The summed E-state index contributed by atoms with van der Waals surface area (Å²) >= 11 is 6.05. The third-order valence-corrected chi connectivity index (χ3v) is 9.80. The lowest BCUT2D eigenvalue weighted by molar-refractivity contribution is -0.0435. The van der Waals surface area contributed by atoms with E-state index < -0.39 is 0 Å². The Morgan fingerprint density at radius 2 is 1.83 bits per heavy atom. The van der Waals surface area contributed by atoms with Crippen LogP contribution in [0.15, 0.2) is 35.9 Å². The summed E-state index contributed by atoms with van der Waals surface area (Å²) in [5, 5.41) is 14.9. The fourth-order valence-corrected chi connectivity index (χ4v) is 7.95. The van der Waals surface area contributed by atoms with Crippen molar-refractivity contribution in [3.8, 4) is 0 Å². The number of aliphatic hydroxyl groups excluding tert-OH is 1. The first-order chi connectivity index (χ1) is 13.9. The number of fused-ring (bicyclic) bond motifs is 5. The van der Waals surface area contributed by atoms with Crippen molar-refractivity contribution in [3.63, 3.8) is 0 Å². The molecular weight excluding hydrogens is 378 g/mol. The number of allylic oxidation sites excluding steroid dienone is 1. The second kappa shape index (κ2) is 7.39. The van der Waals surface area contributed by atoms with E-state index in [0.29, 0.717) is 16.9 Å². The zero-order valence-electron chi connectivity index (χ0n) is 18.0. The van der Waals surface area contributed by atoms with E-state index in [0.717, 1.165) is 42.2 Å². The molecule has 0 amide bonds. The van der Waals surface area contributed by atoms with E-state index in [1.807, 2.05) is 12.1 Å². The summed E-state index contributed by atoms with van der Waals surface area (Å²) in [4.78, 5) is 0. The molecule has 0 saturated heterocycles. The van der Waals surface area contributed by atoms with E-state index in [1.165, 1.54) is 44.1 Å². The summed E-state index contributed by atoms with van der Waals surface area (Å²) < 4.78 is 0. The Labute approximate surface area is 181 Å². The summed E-state index contributed by atoms with van der Waals surface area (Å²) in [7, 11) is 0. The van der Waals surface area contributed by atoms with E-state index in [1.54, 1.807) is 5.57 Å². The Morgan fingerprint density at radius 1 is 1.03 bits per heavy atom. The number of rotatable bonds is 3. The molecular formula is C26H36ClNO. The first-order valence-corrected chi connectivity index (χ1v) is 12.1. The van der Waals surface area contributed by atoms with Crippen LogP contribution in [-0.4, -0.2) is 17.3 Å². The molecule has 3 heteroatoms. The Hall–Kier alpha value is -0.830. The molecule has 5 rings (SSSR count). The Bertz CT molecular complexity index is 788. The lowest BCUT2D eigenvalue weighted by atomic mass is 9.48. The van der Waals surface area contributed by atoms with Gasteiger partial charge in [0.05, 0.1) is 6.10 Å². The minimum atomic E-state index is -0.104. The van der Waals surface area contributed by atoms with E-state index in [2.05, 4.69) is 37.4 Å². The molecule has 0 radical (unpaired) electrons. The van der Waals surface area contributed by atoms with Gasteiger partial charge in [0.1, 0.15) is 0 Å². The van der Waals surface area contributed by atoms with Crippen LogP contribution in [0.1, 0.15) is 70.8 Å². The van der Waals surface area contributed by atoms with Crippen molar-refractivity contribution in [2.45, 2.75) is 83.9 Å². The van der Waals surface area contributed by atoms with E-state index in [-0.39, 0.29) is 6.10 Å². The number of hydrogen-bond acceptors (Lipinski definition) is 2. The van der Waals surface area contributed by atoms with Crippen LogP contribution >= 0.6 is 11.6 Å². The molecule has 2 N–H and O–H groups in total. The largest absolute Gasteiger partial charge is 0.393 e. The van der Waals surface area contributed by atoms with Crippen LogP contribution in [-0.2, 0) is 6.54 Å². The number of aliphatic hydroxyl groups is 1. The smallest absolute Gasteiger partial charge is 0.0577 e. The highest BCUT2D eigenvalue weighted by atomic mass is 35.5. The van der Waals surface area contributed by atoms with Crippen LogP contribution in [0.3, 0.4) is 0 Å². The minimum Gasteiger partial charge on any atom is -0.393 e. The molecule has 4 aliphatic carbocycles. The van der Waals surface area contributed by atoms with Crippen molar-refractivity contribution in [2.24, 2.45) is 28.6 Å². The summed E-state index contributed by atoms with van der Waals surface area (Å²) in [6.07, 6.45) is 12.2. The second-order valence-electron chi connectivity index (χ2n) is 10.8. The third-order valence-electron chi connectivity index (χ3n) is 9.54. The van der Waals surface area contributed by atoms with Crippen molar-refractivity contribution in [3.05, 3.63) is 46.5 Å². The summed E-state index contributed by atoms with van der Waals surface area (Å²) in [5.41, 5.74) is 3.67. The van der Waals surface area contributed by atoms with Crippen LogP contribution in [0.4, 0.5) is 0 Å². The lowest BCUT2D eigenvalue weighted by Gasteiger charge is -2.58. The van der Waals surface area contributed by atoms with Crippen molar-refractivity contribution < 1.29 is 5.11 Å². The van der Waals surface area contributed by atoms with Gasteiger partial charge in [-0.3, -0.25) is 0 Å². The molecule has 0 unspecified atom stereocenters. The van der Waals surface area contributed by atoms with E-state index in [9.17, 15) is 5.11 Å². The molecule has 1 aromatic rings. The molecule has 158 valence electrons. The maximum Gasteiger partial charge on any atom is 0.0577 e. The fourth-order valence-electron chi connectivity index (χ4n) is 7.82. The van der Waals surface area contributed by atoms with E-state index in [4.69, 9.17) is 11.6 Å². The van der Waals surface area contributed by atoms with Crippen LogP contribution in [0, 0.1) is 28.6 Å². The summed E-state index contributed by atoms with van der Waals surface area (Å²) in [5.74, 6) is 2.49. The van der Waals surface area contributed by atoms with E-state index >= 15 is 0 Å². The third kappa shape index (κ3) is 3.30. The van der Waals surface area contributed by atoms with Gasteiger partial charge in [-0.1, -0.05) is 49.2 Å². The molecule has 0 bridgehead atoms. The van der Waals surface area contributed by atoms with Crippen LogP contribution < -0.4 is 5.32 Å². The van der Waals surface area contributed by atoms with Gasteiger partial charge in [0.25, 0.3) is 0 Å². The van der Waals surface area contributed by atoms with Crippen LogP contribution in [0.25, 0.3) is 0 Å². The molecule has 0 aromatic heterocycles. The molecule has 7 atom stereocenters. The fraction of sp³-hybridized carbons (Fsp3) is 0.692. The monoisotopic (exact) mass is 413 g/mol. The van der Waals surface area contributed by atoms with Crippen molar-refractivity contribution in [2.75, 3.05) is 0 Å².